The van der Waals surface area contributed by atoms with Crippen molar-refractivity contribution in [2.24, 2.45) is 0 Å². The molecule has 1 heterocycles. The molecule has 1 nitrogen and oxygen atoms in total. The third-order valence-electron chi connectivity index (χ3n) is 2.96. The second-order valence-corrected chi connectivity index (χ2v) is 5.47. The highest BCUT2D eigenvalue weighted by atomic mass is 32.1. The maximum atomic E-state index is 3.45. The first kappa shape index (κ1) is 12.3. The first-order chi connectivity index (χ1) is 8.20. The van der Waals surface area contributed by atoms with Crippen molar-refractivity contribution in [3.05, 3.63) is 46.2 Å². The molecule has 0 amide bonds. The van der Waals surface area contributed by atoms with E-state index in [1.807, 2.05) is 11.3 Å². The summed E-state index contributed by atoms with van der Waals surface area (Å²) in [5, 5.41) is 5.68. The fourth-order valence-corrected chi connectivity index (χ4v) is 2.72. The van der Waals surface area contributed by atoms with E-state index in [1.165, 1.54) is 21.6 Å². The van der Waals surface area contributed by atoms with Crippen LogP contribution in [0.2, 0.25) is 0 Å². The van der Waals surface area contributed by atoms with Crippen molar-refractivity contribution in [1.82, 2.24) is 5.32 Å². The first-order valence-electron chi connectivity index (χ1n) is 6.09. The van der Waals surface area contributed by atoms with Gasteiger partial charge in [0.1, 0.15) is 0 Å². The van der Waals surface area contributed by atoms with Gasteiger partial charge < -0.3 is 5.32 Å². The molecule has 2 heteroatoms. The molecule has 1 aromatic heterocycles. The predicted octanol–water partition coefficient (Wildman–Crippen LogP) is 4.39. The van der Waals surface area contributed by atoms with Crippen molar-refractivity contribution in [1.29, 1.82) is 0 Å². The molecule has 1 atom stereocenters. The molecule has 0 fully saturated rings. The van der Waals surface area contributed by atoms with E-state index in [0.29, 0.717) is 6.04 Å². The van der Waals surface area contributed by atoms with Crippen LogP contribution in [0.25, 0.3) is 11.1 Å². The molecule has 0 spiro atoms. The first-order valence-corrected chi connectivity index (χ1v) is 6.97. The molecular weight excluding hydrogens is 226 g/mol. The summed E-state index contributed by atoms with van der Waals surface area (Å²) < 4.78 is 0. The molecule has 0 bridgehead atoms. The molecule has 0 aliphatic rings. The molecule has 1 aromatic carbocycles. The molecule has 0 radical (unpaired) electrons. The van der Waals surface area contributed by atoms with Crippen molar-refractivity contribution in [3.63, 3.8) is 0 Å². The lowest BCUT2D eigenvalue weighted by molar-refractivity contribution is 0.598. The quantitative estimate of drug-likeness (QED) is 0.842. The molecule has 0 aliphatic carbocycles. The Hall–Kier alpha value is -1.12. The summed E-state index contributed by atoms with van der Waals surface area (Å²) in [5.74, 6) is 0. The molecule has 0 aliphatic heterocycles. The number of rotatable bonds is 4. The van der Waals surface area contributed by atoms with E-state index in [1.54, 1.807) is 0 Å². The molecule has 1 N–H and O–H groups in total. The van der Waals surface area contributed by atoms with E-state index in [2.05, 4.69) is 61.8 Å². The van der Waals surface area contributed by atoms with Gasteiger partial charge in [-0.2, -0.15) is 0 Å². The minimum absolute atomic E-state index is 0.416. The number of benzene rings is 1. The fraction of sp³-hybridized carbons (Fsp3) is 0.333. The second kappa shape index (κ2) is 5.48. The summed E-state index contributed by atoms with van der Waals surface area (Å²) in [7, 11) is 0. The van der Waals surface area contributed by atoms with Crippen LogP contribution in [-0.2, 0) is 0 Å². The molecule has 0 saturated carbocycles. The second-order valence-electron chi connectivity index (χ2n) is 4.35. The van der Waals surface area contributed by atoms with Gasteiger partial charge in [-0.1, -0.05) is 25.1 Å². The molecule has 17 heavy (non-hydrogen) atoms. The van der Waals surface area contributed by atoms with Crippen LogP contribution in [0.3, 0.4) is 0 Å². The average molecular weight is 245 g/mol. The molecule has 0 saturated heterocycles. The van der Waals surface area contributed by atoms with Crippen LogP contribution in [-0.4, -0.2) is 6.54 Å². The van der Waals surface area contributed by atoms with Crippen LogP contribution >= 0.6 is 11.3 Å². The van der Waals surface area contributed by atoms with Crippen LogP contribution in [0.5, 0.6) is 0 Å². The Morgan fingerprint density at radius 2 is 2.06 bits per heavy atom. The van der Waals surface area contributed by atoms with Gasteiger partial charge in [0.15, 0.2) is 0 Å². The van der Waals surface area contributed by atoms with E-state index in [-0.39, 0.29) is 0 Å². The average Bonchev–Trinajstić information content (AvgIpc) is 2.76. The van der Waals surface area contributed by atoms with Gasteiger partial charge in [-0.3, -0.25) is 0 Å². The van der Waals surface area contributed by atoms with Gasteiger partial charge in [0.25, 0.3) is 0 Å². The Morgan fingerprint density at radius 3 is 2.71 bits per heavy atom. The summed E-state index contributed by atoms with van der Waals surface area (Å²) in [6.45, 7) is 7.51. The standard InChI is InChI=1S/C15H19NS/c1-4-16-12(3)13-6-5-7-14(9-13)15-8-11(2)17-10-15/h5-10,12,16H,4H2,1-3H3. The highest BCUT2D eigenvalue weighted by Crippen LogP contribution is 2.27. The summed E-state index contributed by atoms with van der Waals surface area (Å²) in [6, 6.07) is 11.5. The van der Waals surface area contributed by atoms with Gasteiger partial charge in [-0.05, 0) is 54.6 Å². The van der Waals surface area contributed by atoms with Crippen LogP contribution in [0, 0.1) is 6.92 Å². The lowest BCUT2D eigenvalue weighted by Gasteiger charge is -2.13. The highest BCUT2D eigenvalue weighted by molar-refractivity contribution is 7.10. The molecular formula is C15H19NS. The summed E-state index contributed by atoms with van der Waals surface area (Å²) in [5.41, 5.74) is 4.00. The summed E-state index contributed by atoms with van der Waals surface area (Å²) in [6.07, 6.45) is 0. The monoisotopic (exact) mass is 245 g/mol. The van der Waals surface area contributed by atoms with Crippen LogP contribution in [0.15, 0.2) is 35.7 Å². The van der Waals surface area contributed by atoms with Crippen molar-refractivity contribution < 1.29 is 0 Å². The molecule has 2 rings (SSSR count). The number of hydrogen-bond donors (Lipinski definition) is 1. The van der Waals surface area contributed by atoms with Crippen LogP contribution < -0.4 is 5.32 Å². The molecule has 1 unspecified atom stereocenters. The van der Waals surface area contributed by atoms with Gasteiger partial charge >= 0.3 is 0 Å². The minimum atomic E-state index is 0.416. The number of aryl methyl sites for hydroxylation is 1. The Bertz CT molecular complexity index is 487. The topological polar surface area (TPSA) is 12.0 Å². The van der Waals surface area contributed by atoms with Crippen molar-refractivity contribution in [2.75, 3.05) is 6.54 Å². The molecule has 90 valence electrons. The zero-order valence-electron chi connectivity index (χ0n) is 10.7. The number of thiophene rings is 1. The normalized spacial score (nSPS) is 12.6. The van der Waals surface area contributed by atoms with Gasteiger partial charge in [0, 0.05) is 10.9 Å². The van der Waals surface area contributed by atoms with Crippen molar-refractivity contribution >= 4 is 11.3 Å². The predicted molar refractivity (Wildman–Crippen MR) is 76.6 cm³/mol. The van der Waals surface area contributed by atoms with Gasteiger partial charge in [0.05, 0.1) is 0 Å². The van der Waals surface area contributed by atoms with Gasteiger partial charge in [0.2, 0.25) is 0 Å². The number of hydrogen-bond acceptors (Lipinski definition) is 2. The Kier molecular flexibility index (Phi) is 3.97. The fourth-order valence-electron chi connectivity index (χ4n) is 2.01. The van der Waals surface area contributed by atoms with Crippen LogP contribution in [0.4, 0.5) is 0 Å². The lowest BCUT2D eigenvalue weighted by Crippen LogP contribution is -2.17. The van der Waals surface area contributed by atoms with Gasteiger partial charge in [-0.25, -0.2) is 0 Å². The summed E-state index contributed by atoms with van der Waals surface area (Å²) in [4.78, 5) is 1.37. The summed E-state index contributed by atoms with van der Waals surface area (Å²) >= 11 is 1.81. The Morgan fingerprint density at radius 1 is 1.24 bits per heavy atom. The van der Waals surface area contributed by atoms with E-state index < -0.39 is 0 Å². The smallest absolute Gasteiger partial charge is 0.0291 e. The van der Waals surface area contributed by atoms with E-state index in [0.717, 1.165) is 6.54 Å². The van der Waals surface area contributed by atoms with Crippen LogP contribution in [0.1, 0.15) is 30.3 Å². The van der Waals surface area contributed by atoms with E-state index >= 15 is 0 Å². The Balaban J connectivity index is 2.28. The van der Waals surface area contributed by atoms with E-state index in [4.69, 9.17) is 0 Å². The highest BCUT2D eigenvalue weighted by Gasteiger charge is 2.06. The molecule has 2 aromatic rings. The van der Waals surface area contributed by atoms with Crippen molar-refractivity contribution in [2.45, 2.75) is 26.8 Å². The maximum absolute atomic E-state index is 3.45. The SMILES string of the molecule is CCNC(C)c1cccc(-c2csc(C)c2)c1. The maximum Gasteiger partial charge on any atom is 0.0291 e. The van der Waals surface area contributed by atoms with Gasteiger partial charge in [-0.15, -0.1) is 11.3 Å². The third kappa shape index (κ3) is 2.96. The number of nitrogens with one attached hydrogen (secondary N) is 1. The zero-order chi connectivity index (χ0) is 12.3. The minimum Gasteiger partial charge on any atom is -0.310 e. The van der Waals surface area contributed by atoms with E-state index in [9.17, 15) is 0 Å². The Labute approximate surface area is 108 Å². The van der Waals surface area contributed by atoms with Crippen molar-refractivity contribution in [3.8, 4) is 11.1 Å². The third-order valence-corrected chi connectivity index (χ3v) is 3.82. The largest absolute Gasteiger partial charge is 0.310 e. The lowest BCUT2D eigenvalue weighted by atomic mass is 10.0. The zero-order valence-corrected chi connectivity index (χ0v) is 11.5.